The summed E-state index contributed by atoms with van der Waals surface area (Å²) in [5, 5.41) is 1.18. The number of aromatic nitrogens is 1. The number of hydrogen-bond donors (Lipinski definition) is 0. The summed E-state index contributed by atoms with van der Waals surface area (Å²) < 4.78 is 0. The van der Waals surface area contributed by atoms with Crippen molar-refractivity contribution >= 4 is 23.1 Å². The molecule has 0 aliphatic heterocycles. The highest BCUT2D eigenvalue weighted by atomic mass is 14.7. The van der Waals surface area contributed by atoms with E-state index in [2.05, 4.69) is 78.7 Å². The van der Waals surface area contributed by atoms with E-state index in [4.69, 9.17) is 0 Å². The number of aryl methyl sites for hydroxylation is 2. The Balaban J connectivity index is 2.04. The molecule has 0 aliphatic rings. The zero-order valence-electron chi connectivity index (χ0n) is 11.8. The highest BCUT2D eigenvalue weighted by molar-refractivity contribution is 5.89. The van der Waals surface area contributed by atoms with E-state index in [0.717, 1.165) is 16.8 Å². The molecule has 0 aliphatic carbocycles. The molecule has 0 unspecified atom stereocenters. The van der Waals surface area contributed by atoms with Gasteiger partial charge in [-0.2, -0.15) is 0 Å². The molecule has 1 heteroatoms. The van der Waals surface area contributed by atoms with Crippen LogP contribution >= 0.6 is 0 Å². The number of pyridine rings is 1. The van der Waals surface area contributed by atoms with Gasteiger partial charge in [-0.25, -0.2) is 0 Å². The minimum absolute atomic E-state index is 1.05. The van der Waals surface area contributed by atoms with Gasteiger partial charge in [0.15, 0.2) is 0 Å². The van der Waals surface area contributed by atoms with Crippen molar-refractivity contribution in [2.45, 2.75) is 13.8 Å². The van der Waals surface area contributed by atoms with Crippen LogP contribution in [0.3, 0.4) is 0 Å². The normalized spacial score (nSPS) is 11.3. The highest BCUT2D eigenvalue weighted by Crippen LogP contribution is 2.19. The molecule has 1 nitrogen and oxygen atoms in total. The first-order valence-electron chi connectivity index (χ1n) is 6.83. The van der Waals surface area contributed by atoms with Crippen LogP contribution in [0.4, 0.5) is 0 Å². The smallest absolute Gasteiger partial charge is 0.0777 e. The first-order valence-corrected chi connectivity index (χ1v) is 6.83. The van der Waals surface area contributed by atoms with Gasteiger partial charge in [0.2, 0.25) is 0 Å². The van der Waals surface area contributed by atoms with E-state index < -0.39 is 0 Å². The molecule has 0 fully saturated rings. The summed E-state index contributed by atoms with van der Waals surface area (Å²) in [5.41, 5.74) is 5.77. The van der Waals surface area contributed by atoms with Crippen LogP contribution in [0.5, 0.6) is 0 Å². The Kier molecular flexibility index (Phi) is 3.34. The van der Waals surface area contributed by atoms with E-state index in [9.17, 15) is 0 Å². The largest absolute Gasteiger partial charge is 0.253 e. The Morgan fingerprint density at radius 3 is 2.55 bits per heavy atom. The summed E-state index contributed by atoms with van der Waals surface area (Å²) >= 11 is 0. The Bertz CT molecular complexity index is 785. The van der Waals surface area contributed by atoms with Gasteiger partial charge < -0.3 is 0 Å². The van der Waals surface area contributed by atoms with Crippen molar-refractivity contribution in [2.75, 3.05) is 0 Å². The fraction of sp³-hybridized carbons (Fsp3) is 0.105. The molecule has 2 aromatic carbocycles. The number of rotatable bonds is 2. The maximum absolute atomic E-state index is 4.65. The van der Waals surface area contributed by atoms with Crippen LogP contribution in [0, 0.1) is 13.8 Å². The van der Waals surface area contributed by atoms with E-state index in [1.54, 1.807) is 0 Å². The third kappa shape index (κ3) is 2.62. The topological polar surface area (TPSA) is 12.9 Å². The third-order valence-electron chi connectivity index (χ3n) is 3.39. The van der Waals surface area contributed by atoms with Crippen molar-refractivity contribution in [3.63, 3.8) is 0 Å². The van der Waals surface area contributed by atoms with E-state index in [-0.39, 0.29) is 0 Å². The molecule has 1 heterocycles. The monoisotopic (exact) mass is 259 g/mol. The standard InChI is InChI=1S/C19H17N/c1-14-5-3-6-16(13-14)10-12-18-8-4-7-17-11-9-15(2)20-19(17)18/h3-13H,1-2H3/b12-10+. The number of para-hydroxylation sites is 1. The van der Waals surface area contributed by atoms with Gasteiger partial charge >= 0.3 is 0 Å². The van der Waals surface area contributed by atoms with Crippen molar-refractivity contribution in [2.24, 2.45) is 0 Å². The lowest BCUT2D eigenvalue weighted by atomic mass is 10.1. The molecule has 0 atom stereocenters. The van der Waals surface area contributed by atoms with Crippen molar-refractivity contribution < 1.29 is 0 Å². The summed E-state index contributed by atoms with van der Waals surface area (Å²) in [5.74, 6) is 0. The Labute approximate surface area is 119 Å². The van der Waals surface area contributed by atoms with E-state index in [0.29, 0.717) is 0 Å². The first-order chi connectivity index (χ1) is 9.72. The lowest BCUT2D eigenvalue weighted by molar-refractivity contribution is 1.25. The van der Waals surface area contributed by atoms with Crippen LogP contribution in [0.2, 0.25) is 0 Å². The lowest BCUT2D eigenvalue weighted by Gasteiger charge is -2.03. The summed E-state index contributed by atoms with van der Waals surface area (Å²) in [4.78, 5) is 4.65. The minimum atomic E-state index is 1.05. The highest BCUT2D eigenvalue weighted by Gasteiger charge is 1.99. The quantitative estimate of drug-likeness (QED) is 0.589. The third-order valence-corrected chi connectivity index (χ3v) is 3.39. The average molecular weight is 259 g/mol. The van der Waals surface area contributed by atoms with Gasteiger partial charge in [0.1, 0.15) is 0 Å². The predicted octanol–water partition coefficient (Wildman–Crippen LogP) is 5.02. The molecular formula is C19H17N. The van der Waals surface area contributed by atoms with Crippen LogP contribution in [-0.4, -0.2) is 4.98 Å². The average Bonchev–Trinajstić information content (AvgIpc) is 2.45. The molecule has 0 bridgehead atoms. The van der Waals surface area contributed by atoms with Crippen molar-refractivity contribution in [1.82, 2.24) is 4.98 Å². The van der Waals surface area contributed by atoms with Crippen LogP contribution in [-0.2, 0) is 0 Å². The molecule has 1 aromatic heterocycles. The molecule has 0 saturated heterocycles. The van der Waals surface area contributed by atoms with Gasteiger partial charge in [-0.1, -0.05) is 66.2 Å². The maximum atomic E-state index is 4.65. The predicted molar refractivity (Wildman–Crippen MR) is 86.6 cm³/mol. The fourth-order valence-electron chi connectivity index (χ4n) is 2.36. The molecule has 3 rings (SSSR count). The SMILES string of the molecule is Cc1cccc(/C=C/c2cccc3ccc(C)nc23)c1. The van der Waals surface area contributed by atoms with E-state index >= 15 is 0 Å². The van der Waals surface area contributed by atoms with E-state index in [1.807, 2.05) is 6.92 Å². The first kappa shape index (κ1) is 12.6. The second-order valence-electron chi connectivity index (χ2n) is 5.12. The minimum Gasteiger partial charge on any atom is -0.253 e. The van der Waals surface area contributed by atoms with Gasteiger partial charge in [-0.15, -0.1) is 0 Å². The fourth-order valence-corrected chi connectivity index (χ4v) is 2.36. The van der Waals surface area contributed by atoms with Crippen molar-refractivity contribution in [1.29, 1.82) is 0 Å². The summed E-state index contributed by atoms with van der Waals surface area (Å²) in [6.07, 6.45) is 4.29. The Morgan fingerprint density at radius 1 is 0.850 bits per heavy atom. The van der Waals surface area contributed by atoms with Crippen LogP contribution in [0.1, 0.15) is 22.4 Å². The second kappa shape index (κ2) is 5.30. The van der Waals surface area contributed by atoms with Crippen molar-refractivity contribution in [3.05, 3.63) is 77.0 Å². The number of hydrogen-bond acceptors (Lipinski definition) is 1. The van der Waals surface area contributed by atoms with E-state index in [1.165, 1.54) is 16.5 Å². The molecule has 0 spiro atoms. The molecule has 98 valence electrons. The zero-order valence-corrected chi connectivity index (χ0v) is 11.8. The molecule has 0 N–H and O–H groups in total. The summed E-state index contributed by atoms with van der Waals surface area (Å²) in [6.45, 7) is 4.14. The van der Waals surface area contributed by atoms with Crippen LogP contribution in [0.15, 0.2) is 54.6 Å². The van der Waals surface area contributed by atoms with Crippen molar-refractivity contribution in [3.8, 4) is 0 Å². The van der Waals surface area contributed by atoms with Gasteiger partial charge in [0, 0.05) is 16.6 Å². The van der Waals surface area contributed by atoms with Gasteiger partial charge in [0.25, 0.3) is 0 Å². The number of benzene rings is 2. The molecular weight excluding hydrogens is 242 g/mol. The van der Waals surface area contributed by atoms with Crippen LogP contribution in [0.25, 0.3) is 23.1 Å². The molecule has 0 amide bonds. The van der Waals surface area contributed by atoms with Gasteiger partial charge in [-0.05, 0) is 25.5 Å². The lowest BCUT2D eigenvalue weighted by Crippen LogP contribution is -1.86. The second-order valence-corrected chi connectivity index (χ2v) is 5.12. The Hall–Kier alpha value is -2.41. The zero-order chi connectivity index (χ0) is 13.9. The molecule has 20 heavy (non-hydrogen) atoms. The molecule has 0 saturated carbocycles. The Morgan fingerprint density at radius 2 is 1.70 bits per heavy atom. The number of fused-ring (bicyclic) bond motifs is 1. The van der Waals surface area contributed by atoms with Gasteiger partial charge in [-0.3, -0.25) is 4.98 Å². The summed E-state index contributed by atoms with van der Waals surface area (Å²) in [7, 11) is 0. The molecule has 0 radical (unpaired) electrons. The maximum Gasteiger partial charge on any atom is 0.0777 e. The molecule has 3 aromatic rings. The van der Waals surface area contributed by atoms with Gasteiger partial charge in [0.05, 0.1) is 5.52 Å². The van der Waals surface area contributed by atoms with Crippen LogP contribution < -0.4 is 0 Å². The summed E-state index contributed by atoms with van der Waals surface area (Å²) in [6, 6.07) is 19.0. The number of nitrogens with zero attached hydrogens (tertiary/aromatic N) is 1.